The van der Waals surface area contributed by atoms with Gasteiger partial charge >= 0.3 is 0 Å². The largest absolute Gasteiger partial charge is 0.375 e. The van der Waals surface area contributed by atoms with Crippen molar-refractivity contribution in [2.24, 2.45) is 5.41 Å². The van der Waals surface area contributed by atoms with E-state index in [1.54, 1.807) is 6.20 Å². The molecule has 1 aliphatic carbocycles. The van der Waals surface area contributed by atoms with Gasteiger partial charge in [-0.05, 0) is 43.5 Å². The van der Waals surface area contributed by atoms with Crippen LogP contribution in [-0.2, 0) is 17.8 Å². The number of aromatic nitrogens is 5. The van der Waals surface area contributed by atoms with Crippen LogP contribution in [0.4, 0.5) is 10.2 Å². The number of hydrogen-bond acceptors (Lipinski definition) is 7. The molecular formula is C25H27ClFN7O. The molecule has 0 radical (unpaired) electrons. The molecule has 1 aromatic carbocycles. The van der Waals surface area contributed by atoms with Crippen LogP contribution < -0.4 is 4.90 Å². The number of benzene rings is 1. The molecule has 3 aliphatic heterocycles. The summed E-state index contributed by atoms with van der Waals surface area (Å²) >= 11 is 6.36. The van der Waals surface area contributed by atoms with E-state index in [4.69, 9.17) is 16.3 Å². The maximum Gasteiger partial charge on any atom is 0.169 e. The van der Waals surface area contributed by atoms with Gasteiger partial charge in [-0.3, -0.25) is 14.5 Å². The molecule has 0 unspecified atom stereocenters. The van der Waals surface area contributed by atoms with Crippen LogP contribution in [0.15, 0.2) is 30.6 Å². The molecule has 0 atom stereocenters. The molecule has 10 heteroatoms. The molecule has 5 heterocycles. The number of alkyl halides is 1. The molecule has 1 spiro atoms. The summed E-state index contributed by atoms with van der Waals surface area (Å²) in [7, 11) is 0. The maximum atomic E-state index is 14.9. The fourth-order valence-corrected chi connectivity index (χ4v) is 6.43. The predicted molar refractivity (Wildman–Crippen MR) is 129 cm³/mol. The van der Waals surface area contributed by atoms with E-state index in [1.807, 2.05) is 31.3 Å². The Balaban J connectivity index is 1.13. The average Bonchev–Trinajstić information content (AvgIpc) is 3.07. The normalized spacial score (nSPS) is 22.5. The molecule has 2 aromatic heterocycles. The molecule has 4 aliphatic rings. The van der Waals surface area contributed by atoms with E-state index >= 15 is 0 Å². The van der Waals surface area contributed by atoms with Gasteiger partial charge < -0.3 is 9.64 Å². The molecule has 3 fully saturated rings. The minimum atomic E-state index is -1.30. The van der Waals surface area contributed by atoms with Crippen molar-refractivity contribution in [1.29, 1.82) is 0 Å². The molecule has 1 saturated carbocycles. The van der Waals surface area contributed by atoms with Gasteiger partial charge in [0, 0.05) is 48.7 Å². The fourth-order valence-electron chi connectivity index (χ4n) is 6.24. The van der Waals surface area contributed by atoms with Crippen LogP contribution in [0, 0.1) is 12.3 Å². The molecule has 2 saturated heterocycles. The van der Waals surface area contributed by atoms with Crippen molar-refractivity contribution >= 4 is 17.4 Å². The first-order valence-electron chi connectivity index (χ1n) is 12.1. The number of anilines is 1. The quantitative estimate of drug-likeness (QED) is 0.549. The molecule has 35 heavy (non-hydrogen) atoms. The van der Waals surface area contributed by atoms with Gasteiger partial charge in [0.2, 0.25) is 0 Å². The minimum Gasteiger partial charge on any atom is -0.375 e. The number of aryl methyl sites for hydroxylation is 1. The Morgan fingerprint density at radius 2 is 1.97 bits per heavy atom. The van der Waals surface area contributed by atoms with Crippen LogP contribution in [0.3, 0.4) is 0 Å². The van der Waals surface area contributed by atoms with Crippen LogP contribution in [0.25, 0.3) is 5.69 Å². The van der Waals surface area contributed by atoms with Crippen molar-refractivity contribution < 1.29 is 9.13 Å². The molecular weight excluding hydrogens is 469 g/mol. The monoisotopic (exact) mass is 495 g/mol. The van der Waals surface area contributed by atoms with Gasteiger partial charge in [-0.2, -0.15) is 0 Å². The third-order valence-electron chi connectivity index (χ3n) is 7.87. The van der Waals surface area contributed by atoms with Crippen molar-refractivity contribution in [2.75, 3.05) is 37.7 Å². The summed E-state index contributed by atoms with van der Waals surface area (Å²) in [6, 6.07) is 5.94. The highest BCUT2D eigenvalue weighted by Crippen LogP contribution is 2.56. The lowest BCUT2D eigenvalue weighted by Gasteiger charge is -2.59. The average molecular weight is 496 g/mol. The van der Waals surface area contributed by atoms with E-state index in [2.05, 4.69) is 34.5 Å². The highest BCUT2D eigenvalue weighted by Gasteiger charge is 2.54. The van der Waals surface area contributed by atoms with Crippen LogP contribution in [-0.4, -0.2) is 68.1 Å². The Morgan fingerprint density at radius 3 is 2.71 bits per heavy atom. The lowest BCUT2D eigenvalue weighted by atomic mass is 9.57. The number of halogens is 2. The summed E-state index contributed by atoms with van der Waals surface area (Å²) in [6.07, 6.45) is 5.80. The summed E-state index contributed by atoms with van der Waals surface area (Å²) < 4.78 is 22.3. The van der Waals surface area contributed by atoms with Crippen molar-refractivity contribution in [3.8, 4) is 5.69 Å². The third-order valence-corrected chi connectivity index (χ3v) is 8.10. The molecule has 182 valence electrons. The van der Waals surface area contributed by atoms with Crippen LogP contribution in [0.1, 0.15) is 41.7 Å². The van der Waals surface area contributed by atoms with Gasteiger partial charge in [0.1, 0.15) is 11.6 Å². The summed E-state index contributed by atoms with van der Waals surface area (Å²) in [5, 5.41) is 9.92. The molecule has 0 N–H and O–H groups in total. The van der Waals surface area contributed by atoms with Gasteiger partial charge in [0.25, 0.3) is 0 Å². The summed E-state index contributed by atoms with van der Waals surface area (Å²) in [4.78, 5) is 13.3. The summed E-state index contributed by atoms with van der Waals surface area (Å²) in [5.74, 6) is 3.18. The minimum absolute atomic E-state index is 0.152. The van der Waals surface area contributed by atoms with Gasteiger partial charge in [-0.1, -0.05) is 11.6 Å². The number of nitrogens with zero attached hydrogens (tertiary/aromatic N) is 7. The predicted octanol–water partition coefficient (Wildman–Crippen LogP) is 3.46. The second-order valence-corrected chi connectivity index (χ2v) is 11.3. The van der Waals surface area contributed by atoms with E-state index < -0.39 is 5.67 Å². The highest BCUT2D eigenvalue weighted by molar-refractivity contribution is 6.30. The van der Waals surface area contributed by atoms with Gasteiger partial charge in [0.05, 0.1) is 37.3 Å². The topological polar surface area (TPSA) is 72.2 Å². The zero-order valence-electron chi connectivity index (χ0n) is 19.6. The van der Waals surface area contributed by atoms with E-state index in [0.29, 0.717) is 36.0 Å². The smallest absolute Gasteiger partial charge is 0.169 e. The highest BCUT2D eigenvalue weighted by atomic mass is 35.5. The van der Waals surface area contributed by atoms with Gasteiger partial charge in [0.15, 0.2) is 11.5 Å². The van der Waals surface area contributed by atoms with Crippen LogP contribution in [0.5, 0.6) is 0 Å². The Labute approximate surface area is 208 Å². The Hall–Kier alpha value is -2.62. The van der Waals surface area contributed by atoms with Gasteiger partial charge in [-0.15, -0.1) is 10.2 Å². The zero-order chi connectivity index (χ0) is 23.8. The fraction of sp³-hybridized carbons (Fsp3) is 0.520. The van der Waals surface area contributed by atoms with Crippen molar-refractivity contribution in [1.82, 2.24) is 29.6 Å². The Morgan fingerprint density at radius 1 is 1.14 bits per heavy atom. The SMILES string of the molecule is Cc1cncc(N2CC3(CC(c4nnc5n4-c4ccc(Cl)cc4CN(CC4(F)COC4)C5)C3)C2)n1. The first-order chi connectivity index (χ1) is 16.9. The molecule has 0 amide bonds. The second-order valence-electron chi connectivity index (χ2n) is 10.9. The first kappa shape index (κ1) is 21.6. The van der Waals surface area contributed by atoms with E-state index in [1.165, 1.54) is 0 Å². The standard InChI is InChI=1S/C25H27ClFN7O/c1-16-7-28-8-21(29-16)33-11-24(12-33)5-18(6-24)23-31-30-22-10-32(13-25(27)14-35-15-25)9-17-4-19(26)2-3-20(17)34(22)23/h2-4,7-8,18H,5-6,9-15H2,1H3. The van der Waals surface area contributed by atoms with Crippen molar-refractivity contribution in [3.05, 3.63) is 58.5 Å². The Bertz CT molecular complexity index is 1290. The van der Waals surface area contributed by atoms with E-state index in [9.17, 15) is 4.39 Å². The van der Waals surface area contributed by atoms with Gasteiger partial charge in [-0.25, -0.2) is 9.37 Å². The molecule has 7 rings (SSSR count). The lowest BCUT2D eigenvalue weighted by Crippen LogP contribution is -2.62. The number of hydrogen-bond donors (Lipinski definition) is 0. The summed E-state index contributed by atoms with van der Waals surface area (Å²) in [6.45, 7) is 5.76. The maximum absolute atomic E-state index is 14.9. The van der Waals surface area contributed by atoms with E-state index in [-0.39, 0.29) is 13.2 Å². The Kier molecular flexibility index (Phi) is 4.75. The summed E-state index contributed by atoms with van der Waals surface area (Å²) in [5.41, 5.74) is 2.08. The molecule has 3 aromatic rings. The van der Waals surface area contributed by atoms with Crippen molar-refractivity contribution in [2.45, 2.75) is 44.4 Å². The van der Waals surface area contributed by atoms with Crippen molar-refractivity contribution in [3.63, 3.8) is 0 Å². The first-order valence-corrected chi connectivity index (χ1v) is 12.5. The third kappa shape index (κ3) is 3.63. The van der Waals surface area contributed by atoms with Crippen LogP contribution in [0.2, 0.25) is 5.02 Å². The number of ether oxygens (including phenoxy) is 1. The zero-order valence-corrected chi connectivity index (χ0v) is 20.4. The number of rotatable bonds is 4. The molecule has 0 bridgehead atoms. The lowest BCUT2D eigenvalue weighted by molar-refractivity contribution is -0.142. The number of fused-ring (bicyclic) bond motifs is 3. The van der Waals surface area contributed by atoms with E-state index in [0.717, 1.165) is 60.3 Å². The van der Waals surface area contributed by atoms with Crippen LogP contribution >= 0.6 is 11.6 Å². The molecule has 8 nitrogen and oxygen atoms in total. The second kappa shape index (κ2) is 7.69.